The van der Waals surface area contributed by atoms with Gasteiger partial charge >= 0.3 is 5.51 Å². The lowest BCUT2D eigenvalue weighted by Crippen LogP contribution is -2.01. The number of halogens is 3. The van der Waals surface area contributed by atoms with Crippen LogP contribution in [0.3, 0.4) is 0 Å². The van der Waals surface area contributed by atoms with Crippen molar-refractivity contribution < 1.29 is 18.0 Å². The van der Waals surface area contributed by atoms with Crippen LogP contribution >= 0.6 is 11.8 Å². The Morgan fingerprint density at radius 1 is 1.41 bits per heavy atom. The van der Waals surface area contributed by atoms with Crippen molar-refractivity contribution in [1.82, 2.24) is 0 Å². The fourth-order valence-electron chi connectivity index (χ4n) is 1.25. The van der Waals surface area contributed by atoms with Crippen LogP contribution in [0, 0.1) is 11.3 Å². The van der Waals surface area contributed by atoms with Gasteiger partial charge < -0.3 is 4.79 Å². The number of carbonyl (C=O) groups excluding carboxylic acids is 1. The summed E-state index contributed by atoms with van der Waals surface area (Å²) in [5.41, 5.74) is -3.82. The molecule has 0 radical (unpaired) electrons. The van der Waals surface area contributed by atoms with E-state index in [4.69, 9.17) is 5.26 Å². The quantitative estimate of drug-likeness (QED) is 0.615. The zero-order valence-corrected chi connectivity index (χ0v) is 9.44. The maximum Gasteiger partial charge on any atom is 0.446 e. The smallest absolute Gasteiger partial charge is 0.303 e. The summed E-state index contributed by atoms with van der Waals surface area (Å²) in [6.45, 7) is 0. The van der Waals surface area contributed by atoms with Crippen LogP contribution in [0.1, 0.15) is 17.5 Å². The second kappa shape index (κ2) is 5.73. The zero-order valence-electron chi connectivity index (χ0n) is 8.62. The number of thioether (sulfide) groups is 1. The lowest BCUT2D eigenvalue weighted by molar-refractivity contribution is -0.107. The fraction of sp³-hybridized carbons (Fsp3) is 0.273. The molecule has 0 aliphatic rings. The Balaban J connectivity index is 2.99. The fourth-order valence-corrected chi connectivity index (χ4v) is 1.93. The van der Waals surface area contributed by atoms with Crippen molar-refractivity contribution in [2.24, 2.45) is 0 Å². The topological polar surface area (TPSA) is 40.9 Å². The highest BCUT2D eigenvalue weighted by atomic mass is 32.2. The van der Waals surface area contributed by atoms with E-state index in [2.05, 4.69) is 0 Å². The predicted octanol–water partition coefficient (Wildman–Crippen LogP) is 3.30. The van der Waals surface area contributed by atoms with Crippen molar-refractivity contribution in [2.75, 3.05) is 0 Å². The Morgan fingerprint density at radius 2 is 2.12 bits per heavy atom. The predicted molar refractivity (Wildman–Crippen MR) is 57.5 cm³/mol. The molecule has 6 heteroatoms. The molecule has 90 valence electrons. The third kappa shape index (κ3) is 4.49. The largest absolute Gasteiger partial charge is 0.446 e. The summed E-state index contributed by atoms with van der Waals surface area (Å²) in [7, 11) is 0. The van der Waals surface area contributed by atoms with Crippen LogP contribution in [0.5, 0.6) is 0 Å². The number of benzene rings is 1. The molecule has 0 spiro atoms. The molecule has 2 nitrogen and oxygen atoms in total. The van der Waals surface area contributed by atoms with Crippen molar-refractivity contribution in [1.29, 1.82) is 5.26 Å². The van der Waals surface area contributed by atoms with E-state index in [1.807, 2.05) is 0 Å². The molecular weight excluding hydrogens is 251 g/mol. The van der Waals surface area contributed by atoms with E-state index >= 15 is 0 Å². The summed E-state index contributed by atoms with van der Waals surface area (Å²) in [6, 6.07) is 5.92. The maximum absolute atomic E-state index is 12.2. The van der Waals surface area contributed by atoms with E-state index in [0.29, 0.717) is 18.3 Å². The molecule has 0 fully saturated rings. The standard InChI is InChI=1S/C11H8F3NOS/c12-11(13,14)17-10-6-8(2-1-5-16)3-4-9(10)7-15/h3-6H,1-2H2. The first-order valence-corrected chi connectivity index (χ1v) is 5.50. The Bertz CT molecular complexity index is 451. The van der Waals surface area contributed by atoms with Gasteiger partial charge in [0.05, 0.1) is 5.56 Å². The Hall–Kier alpha value is -1.48. The molecule has 0 unspecified atom stereocenters. The van der Waals surface area contributed by atoms with Gasteiger partial charge in [0.2, 0.25) is 0 Å². The molecule has 0 aliphatic carbocycles. The molecule has 0 heterocycles. The van der Waals surface area contributed by atoms with Gasteiger partial charge in [-0.1, -0.05) is 6.07 Å². The molecule has 0 saturated carbocycles. The number of nitriles is 1. The lowest BCUT2D eigenvalue weighted by Gasteiger charge is -2.08. The first-order valence-electron chi connectivity index (χ1n) is 4.68. The number of alkyl halides is 3. The maximum atomic E-state index is 12.2. The third-order valence-electron chi connectivity index (χ3n) is 1.94. The lowest BCUT2D eigenvalue weighted by atomic mass is 10.1. The second-order valence-corrected chi connectivity index (χ2v) is 4.30. The highest BCUT2D eigenvalue weighted by Gasteiger charge is 2.30. The third-order valence-corrected chi connectivity index (χ3v) is 2.73. The van der Waals surface area contributed by atoms with Crippen LogP contribution in [0.15, 0.2) is 23.1 Å². The van der Waals surface area contributed by atoms with E-state index in [9.17, 15) is 18.0 Å². The van der Waals surface area contributed by atoms with Gasteiger partial charge in [-0.05, 0) is 35.9 Å². The molecule has 1 rings (SSSR count). The van der Waals surface area contributed by atoms with Crippen molar-refractivity contribution in [2.45, 2.75) is 23.2 Å². The molecule has 0 saturated heterocycles. The highest BCUT2D eigenvalue weighted by Crippen LogP contribution is 2.38. The average molecular weight is 259 g/mol. The Morgan fingerprint density at radius 3 is 2.65 bits per heavy atom. The van der Waals surface area contributed by atoms with Gasteiger partial charge in [0.15, 0.2) is 0 Å². The highest BCUT2D eigenvalue weighted by molar-refractivity contribution is 8.00. The van der Waals surface area contributed by atoms with Crippen molar-refractivity contribution in [3.8, 4) is 6.07 Å². The molecular formula is C11H8F3NOS. The summed E-state index contributed by atoms with van der Waals surface area (Å²) in [5, 5.41) is 8.70. The van der Waals surface area contributed by atoms with E-state index in [0.717, 1.165) is 0 Å². The van der Waals surface area contributed by atoms with Gasteiger partial charge in [-0.3, -0.25) is 0 Å². The van der Waals surface area contributed by atoms with Crippen LogP contribution in [0.2, 0.25) is 0 Å². The summed E-state index contributed by atoms with van der Waals surface area (Å²) < 4.78 is 36.7. The molecule has 17 heavy (non-hydrogen) atoms. The van der Waals surface area contributed by atoms with Gasteiger partial charge in [-0.15, -0.1) is 0 Å². The van der Waals surface area contributed by atoms with Gasteiger partial charge in [-0.2, -0.15) is 18.4 Å². The van der Waals surface area contributed by atoms with Crippen molar-refractivity contribution in [3.63, 3.8) is 0 Å². The van der Waals surface area contributed by atoms with Gasteiger partial charge in [0.1, 0.15) is 12.4 Å². The molecule has 1 aromatic carbocycles. The van der Waals surface area contributed by atoms with E-state index in [1.165, 1.54) is 12.1 Å². The summed E-state index contributed by atoms with van der Waals surface area (Å²) >= 11 is -0.311. The van der Waals surface area contributed by atoms with Gasteiger partial charge in [-0.25, -0.2) is 0 Å². The van der Waals surface area contributed by atoms with Crippen LogP contribution in [-0.4, -0.2) is 11.8 Å². The molecule has 0 atom stereocenters. The van der Waals surface area contributed by atoms with E-state index < -0.39 is 5.51 Å². The van der Waals surface area contributed by atoms with Crippen LogP contribution in [-0.2, 0) is 11.2 Å². The normalized spacial score (nSPS) is 10.9. The Kier molecular flexibility index (Phi) is 4.58. The minimum Gasteiger partial charge on any atom is -0.303 e. The van der Waals surface area contributed by atoms with Crippen LogP contribution in [0.25, 0.3) is 0 Å². The molecule has 1 aromatic rings. The molecule has 0 N–H and O–H groups in total. The number of carbonyl (C=O) groups is 1. The number of hydrogen-bond donors (Lipinski definition) is 0. The minimum atomic E-state index is -4.42. The average Bonchev–Trinajstić information content (AvgIpc) is 2.24. The van der Waals surface area contributed by atoms with Crippen molar-refractivity contribution in [3.05, 3.63) is 29.3 Å². The minimum absolute atomic E-state index is 0.0119. The van der Waals surface area contributed by atoms with Gasteiger partial charge in [0.25, 0.3) is 0 Å². The van der Waals surface area contributed by atoms with Crippen LogP contribution < -0.4 is 0 Å². The van der Waals surface area contributed by atoms with E-state index in [-0.39, 0.29) is 28.6 Å². The molecule has 0 amide bonds. The molecule has 0 aromatic heterocycles. The first kappa shape index (κ1) is 13.6. The monoisotopic (exact) mass is 259 g/mol. The van der Waals surface area contributed by atoms with Gasteiger partial charge in [0, 0.05) is 11.3 Å². The molecule has 0 bridgehead atoms. The zero-order chi connectivity index (χ0) is 12.9. The molecule has 0 aliphatic heterocycles. The summed E-state index contributed by atoms with van der Waals surface area (Å²) in [4.78, 5) is 10.1. The second-order valence-electron chi connectivity index (χ2n) is 3.20. The summed E-state index contributed by atoms with van der Waals surface area (Å²) in [5.74, 6) is 0. The number of aldehydes is 1. The number of nitrogens with zero attached hydrogens (tertiary/aromatic N) is 1. The van der Waals surface area contributed by atoms with Crippen molar-refractivity contribution >= 4 is 18.0 Å². The number of aryl methyl sites for hydroxylation is 1. The first-order chi connectivity index (χ1) is 7.96. The number of hydrogen-bond acceptors (Lipinski definition) is 3. The van der Waals surface area contributed by atoms with Crippen LogP contribution in [0.4, 0.5) is 13.2 Å². The SMILES string of the molecule is N#Cc1ccc(CCC=O)cc1SC(F)(F)F. The number of rotatable bonds is 4. The van der Waals surface area contributed by atoms with E-state index in [1.54, 1.807) is 12.1 Å². The summed E-state index contributed by atoms with van der Waals surface area (Å²) in [6.07, 6.45) is 1.33. The Labute approximate surface area is 100 Å².